The molecule has 1 unspecified atom stereocenters. The van der Waals surface area contributed by atoms with Crippen molar-refractivity contribution in [3.63, 3.8) is 0 Å². The van der Waals surface area contributed by atoms with Crippen molar-refractivity contribution < 1.29 is 36.5 Å². The summed E-state index contributed by atoms with van der Waals surface area (Å²) in [5, 5.41) is 20.7. The van der Waals surface area contributed by atoms with Gasteiger partial charge in [0.2, 0.25) is 5.95 Å². The fourth-order valence-electron chi connectivity index (χ4n) is 6.48. The van der Waals surface area contributed by atoms with E-state index >= 15 is 4.39 Å². The van der Waals surface area contributed by atoms with Crippen molar-refractivity contribution in [1.82, 2.24) is 30.0 Å². The van der Waals surface area contributed by atoms with Gasteiger partial charge in [-0.1, -0.05) is 41.6 Å². The third-order valence-electron chi connectivity index (χ3n) is 9.01. The first kappa shape index (κ1) is 32.4. The number of aliphatic hydroxyl groups is 1. The van der Waals surface area contributed by atoms with E-state index in [1.165, 1.54) is 6.20 Å². The molecule has 3 saturated heterocycles. The van der Waals surface area contributed by atoms with E-state index < -0.39 is 43.1 Å². The van der Waals surface area contributed by atoms with Crippen molar-refractivity contribution in [2.24, 2.45) is 0 Å². The quantitative estimate of drug-likeness (QED) is 0.164. The van der Waals surface area contributed by atoms with Crippen LogP contribution >= 0.6 is 0 Å². The van der Waals surface area contributed by atoms with E-state index in [1.807, 2.05) is 30.3 Å². The predicted molar refractivity (Wildman–Crippen MR) is 166 cm³/mol. The third-order valence-corrected chi connectivity index (χ3v) is 9.01. The van der Waals surface area contributed by atoms with E-state index in [1.54, 1.807) is 26.0 Å². The zero-order valence-electron chi connectivity index (χ0n) is 26.2. The molecule has 0 spiro atoms. The van der Waals surface area contributed by atoms with Crippen molar-refractivity contribution in [2.45, 2.75) is 56.1 Å². The molecule has 0 saturated carbocycles. The largest absolute Gasteiger partial charge is 0.496 e. The topological polar surface area (TPSA) is 144 Å². The van der Waals surface area contributed by atoms with Crippen LogP contribution in [-0.4, -0.2) is 86.9 Å². The summed E-state index contributed by atoms with van der Waals surface area (Å²) in [7, 11) is -1.23. The highest BCUT2D eigenvalue weighted by Gasteiger charge is 2.50. The first-order valence-electron chi connectivity index (χ1n) is 15.6. The van der Waals surface area contributed by atoms with Crippen LogP contribution in [0.2, 0.25) is 0 Å². The number of anilines is 3. The third kappa shape index (κ3) is 6.46. The number of pyridine rings is 1. The molecule has 48 heavy (non-hydrogen) atoms. The summed E-state index contributed by atoms with van der Waals surface area (Å²) in [5.41, 5.74) is -0.523. The normalized spacial score (nSPS) is 23.6. The van der Waals surface area contributed by atoms with Crippen molar-refractivity contribution in [1.29, 1.82) is 0 Å². The van der Waals surface area contributed by atoms with E-state index in [0.29, 0.717) is 55.0 Å². The monoisotopic (exact) mass is 668 g/mol. The maximum Gasteiger partial charge on any atom is 0.496 e. The smallest absolute Gasteiger partial charge is 0.398 e. The number of fused-ring (bicyclic) bond motifs is 4. The Kier molecular flexibility index (Phi) is 8.34. The number of nitrogens with one attached hydrogen (secondary N) is 2. The molecule has 4 aliphatic heterocycles. The molecule has 1 aromatic carbocycles. The van der Waals surface area contributed by atoms with Crippen LogP contribution in [0.5, 0.6) is 0 Å². The van der Waals surface area contributed by atoms with Gasteiger partial charge in [0.05, 0.1) is 29.9 Å². The number of nitrogens with zero attached hydrogens (tertiary/aromatic N) is 6. The Hall–Kier alpha value is -4.19. The summed E-state index contributed by atoms with van der Waals surface area (Å²) in [6.07, 6.45) is -2.22. The van der Waals surface area contributed by atoms with Gasteiger partial charge in [0.25, 0.3) is 5.89 Å². The van der Waals surface area contributed by atoms with Gasteiger partial charge in [-0.05, 0) is 38.3 Å². The van der Waals surface area contributed by atoms with Crippen LogP contribution in [0.3, 0.4) is 0 Å². The fraction of sp³-hybridized carbons (Fsp3) is 0.452. The molecule has 252 valence electrons. The Morgan fingerprint density at radius 1 is 1.10 bits per heavy atom. The number of hydrogen-bond donors (Lipinski definition) is 3. The lowest BCUT2D eigenvalue weighted by Gasteiger charge is -2.47. The lowest BCUT2D eigenvalue weighted by Crippen LogP contribution is -2.55. The number of halogens is 4. The number of hydrogen-bond acceptors (Lipinski definition) is 12. The zero-order valence-corrected chi connectivity index (χ0v) is 26.2. The van der Waals surface area contributed by atoms with Gasteiger partial charge >= 0.3 is 13.3 Å². The molecular weight excluding hydrogens is 635 g/mol. The Morgan fingerprint density at radius 3 is 2.58 bits per heavy atom. The molecule has 12 nitrogen and oxygen atoms in total. The highest BCUT2D eigenvalue weighted by atomic mass is 19.4. The van der Waals surface area contributed by atoms with Gasteiger partial charge in [-0.2, -0.15) is 23.1 Å². The number of rotatable bonds is 10. The van der Waals surface area contributed by atoms with Gasteiger partial charge in [0.1, 0.15) is 29.5 Å². The van der Waals surface area contributed by atoms with Gasteiger partial charge in [-0.3, -0.25) is 0 Å². The molecule has 0 aliphatic carbocycles. The van der Waals surface area contributed by atoms with E-state index in [4.69, 9.17) is 13.8 Å². The van der Waals surface area contributed by atoms with Gasteiger partial charge in [0, 0.05) is 31.3 Å². The van der Waals surface area contributed by atoms with Crippen molar-refractivity contribution in [3.05, 3.63) is 65.7 Å². The van der Waals surface area contributed by atoms with Crippen molar-refractivity contribution in [3.8, 4) is 11.5 Å². The van der Waals surface area contributed by atoms with E-state index in [0.717, 1.165) is 5.56 Å². The second-order valence-electron chi connectivity index (χ2n) is 12.7. The number of aliphatic hydroxyl groups excluding tert-OH is 1. The lowest BCUT2D eigenvalue weighted by molar-refractivity contribution is -0.157. The second-order valence-corrected chi connectivity index (χ2v) is 12.7. The molecular formula is C31H33BF4N8O4. The highest BCUT2D eigenvalue weighted by Crippen LogP contribution is 2.45. The first-order valence-corrected chi connectivity index (χ1v) is 15.6. The molecule has 4 aliphatic rings. The van der Waals surface area contributed by atoms with Gasteiger partial charge in [-0.15, -0.1) is 0 Å². The summed E-state index contributed by atoms with van der Waals surface area (Å²) in [4.78, 5) is 20.5. The molecule has 2 atom stereocenters. The molecule has 4 aromatic rings. The average molecular weight is 668 g/mol. The van der Waals surface area contributed by atoms with Crippen LogP contribution in [-0.2, 0) is 14.9 Å². The molecule has 3 aromatic heterocycles. The zero-order chi connectivity index (χ0) is 33.7. The number of benzene rings is 1. The average Bonchev–Trinajstić information content (AvgIpc) is 3.65. The summed E-state index contributed by atoms with van der Waals surface area (Å²) in [6, 6.07) is 11.8. The Bertz CT molecular complexity index is 1770. The van der Waals surface area contributed by atoms with Gasteiger partial charge in [0.15, 0.2) is 5.82 Å². The fourth-order valence-corrected chi connectivity index (χ4v) is 6.48. The summed E-state index contributed by atoms with van der Waals surface area (Å²) < 4.78 is 70.6. The lowest BCUT2D eigenvalue weighted by atomic mass is 9.76. The Balaban J connectivity index is 1.19. The molecule has 0 radical (unpaired) electrons. The van der Waals surface area contributed by atoms with Crippen LogP contribution in [0.4, 0.5) is 35.1 Å². The van der Waals surface area contributed by atoms with Crippen LogP contribution in [0.1, 0.15) is 55.7 Å². The maximum atomic E-state index is 15.8. The number of alkyl halides is 4. The Labute approximate surface area is 273 Å². The molecule has 8 rings (SSSR count). The minimum atomic E-state index is -4.51. The maximum absolute atomic E-state index is 15.8. The Morgan fingerprint density at radius 2 is 1.88 bits per heavy atom. The second kappa shape index (κ2) is 12.4. The van der Waals surface area contributed by atoms with Crippen molar-refractivity contribution in [2.75, 3.05) is 43.5 Å². The minimum Gasteiger partial charge on any atom is -0.398 e. The van der Waals surface area contributed by atoms with E-state index in [9.17, 15) is 18.3 Å². The highest BCUT2D eigenvalue weighted by molar-refractivity contribution is 6.63. The van der Waals surface area contributed by atoms with Crippen LogP contribution in [0.25, 0.3) is 11.5 Å². The van der Waals surface area contributed by atoms with E-state index in [-0.39, 0.29) is 30.1 Å². The summed E-state index contributed by atoms with van der Waals surface area (Å²) in [5.74, 6) is 0.500. The van der Waals surface area contributed by atoms with Crippen LogP contribution in [0.15, 0.2) is 53.2 Å². The predicted octanol–water partition coefficient (Wildman–Crippen LogP) is 4.25. The standard InChI is InChI=1S/C31H33BF4N8O4/c1-29(2)24-21(32(48-29)46-17-31(34,35)36)8-9-23(39-24)40-28-37-14-19(25(42-28)38-22(16-45)18-6-4-3-5-7-18)27-41-26(43-47-27)20-15-44-12-10-30(20,33)11-13-44/h3-9,14,20,22,45H,10-13,15-17H2,1-2H3,(H2,37,38,39,40,42)/t20?,22-/m1/s1. The molecule has 0 amide bonds. The minimum absolute atomic E-state index is 0.0864. The van der Waals surface area contributed by atoms with E-state index in [2.05, 4.69) is 40.6 Å². The molecule has 2 bridgehead atoms. The van der Waals surface area contributed by atoms with Gasteiger partial charge in [-0.25, -0.2) is 14.4 Å². The molecule has 17 heteroatoms. The first-order chi connectivity index (χ1) is 22.9. The van der Waals surface area contributed by atoms with Gasteiger partial charge < -0.3 is 34.5 Å². The number of piperidine rings is 3. The summed E-state index contributed by atoms with van der Waals surface area (Å²) in [6.45, 7) is 3.54. The molecule has 3 N–H and O–H groups in total. The van der Waals surface area contributed by atoms with Crippen molar-refractivity contribution >= 4 is 30.2 Å². The summed E-state index contributed by atoms with van der Waals surface area (Å²) >= 11 is 0. The van der Waals surface area contributed by atoms with Crippen LogP contribution < -0.4 is 16.1 Å². The number of aromatic nitrogens is 5. The molecule has 7 heterocycles. The molecule has 3 fully saturated rings. The van der Waals surface area contributed by atoms with Crippen LogP contribution in [0, 0.1) is 0 Å². The SMILES string of the molecule is CC1(C)OB(OCC(F)(F)F)c2ccc(Nc3ncc(-c4nc(C5CN6CCC5(F)CC6)no4)c(N[C@H](CO)c4ccccc4)n3)nc21.